The molecule has 8 heteroatoms. The number of nitrogens with zero attached hydrogens (tertiary/aromatic N) is 2. The van der Waals surface area contributed by atoms with E-state index in [-0.39, 0.29) is 31.3 Å². The molecule has 0 aliphatic rings. The second kappa shape index (κ2) is 6.83. The average Bonchev–Trinajstić information content (AvgIpc) is 2.83. The first kappa shape index (κ1) is 15.1. The summed E-state index contributed by atoms with van der Waals surface area (Å²) in [5.41, 5.74) is 0. The minimum Gasteiger partial charge on any atom is -0.395 e. The second-order valence-electron chi connectivity index (χ2n) is 3.67. The highest BCUT2D eigenvalue weighted by Crippen LogP contribution is 2.13. The fraction of sp³-hybridized carbons (Fsp3) is 0.700. The van der Waals surface area contributed by atoms with Gasteiger partial charge in [0.2, 0.25) is 0 Å². The van der Waals surface area contributed by atoms with Crippen LogP contribution in [0.4, 0.5) is 0 Å². The van der Waals surface area contributed by atoms with Crippen LogP contribution in [0.2, 0.25) is 0 Å². The summed E-state index contributed by atoms with van der Waals surface area (Å²) in [5.74, 6) is 0.615. The van der Waals surface area contributed by atoms with Crippen LogP contribution in [0.3, 0.4) is 0 Å². The Kier molecular flexibility index (Phi) is 5.73. The molecule has 0 fully saturated rings. The lowest BCUT2D eigenvalue weighted by Crippen LogP contribution is -2.36. The molecule has 7 nitrogen and oxygen atoms in total. The highest BCUT2D eigenvalue weighted by molar-refractivity contribution is 7.89. The van der Waals surface area contributed by atoms with Crippen LogP contribution in [-0.4, -0.2) is 61.2 Å². The number of aromatic amines is 1. The number of sulfonamides is 1. The predicted octanol–water partition coefficient (Wildman–Crippen LogP) is -0.398. The van der Waals surface area contributed by atoms with E-state index in [0.717, 1.165) is 0 Å². The molecular formula is C10H19N3O4S. The molecule has 0 aliphatic heterocycles. The zero-order valence-electron chi connectivity index (χ0n) is 10.6. The van der Waals surface area contributed by atoms with Crippen LogP contribution in [-0.2, 0) is 21.2 Å². The fourth-order valence-electron chi connectivity index (χ4n) is 1.45. The maximum absolute atomic E-state index is 12.2. The molecule has 0 atom stereocenters. The third-order valence-electron chi connectivity index (χ3n) is 2.45. The molecule has 1 aromatic rings. The third kappa shape index (κ3) is 3.52. The smallest absolute Gasteiger partial charge is 0.260 e. The molecule has 0 bridgehead atoms. The second-order valence-corrected chi connectivity index (χ2v) is 5.57. The van der Waals surface area contributed by atoms with Gasteiger partial charge < -0.3 is 14.8 Å². The molecule has 0 radical (unpaired) electrons. The van der Waals surface area contributed by atoms with Gasteiger partial charge in [0, 0.05) is 26.6 Å². The van der Waals surface area contributed by atoms with Crippen molar-refractivity contribution < 1.29 is 18.3 Å². The van der Waals surface area contributed by atoms with Gasteiger partial charge >= 0.3 is 0 Å². The number of methoxy groups -OCH3 is 1. The van der Waals surface area contributed by atoms with Crippen molar-refractivity contribution >= 4 is 10.0 Å². The first-order chi connectivity index (χ1) is 8.56. The zero-order valence-corrected chi connectivity index (χ0v) is 11.4. The molecule has 0 unspecified atom stereocenters. The molecular weight excluding hydrogens is 258 g/mol. The third-order valence-corrected chi connectivity index (χ3v) is 4.26. The molecule has 18 heavy (non-hydrogen) atoms. The molecule has 1 aromatic heterocycles. The van der Waals surface area contributed by atoms with Gasteiger partial charge in [-0.1, -0.05) is 6.92 Å². The number of aliphatic hydroxyl groups is 1. The average molecular weight is 277 g/mol. The van der Waals surface area contributed by atoms with Crippen molar-refractivity contribution in [1.82, 2.24) is 14.3 Å². The van der Waals surface area contributed by atoms with Crippen molar-refractivity contribution in [2.24, 2.45) is 0 Å². The number of rotatable bonds is 8. The lowest BCUT2D eigenvalue weighted by Gasteiger charge is -2.19. The Morgan fingerprint density at radius 2 is 2.22 bits per heavy atom. The van der Waals surface area contributed by atoms with E-state index in [1.165, 1.54) is 17.6 Å². The number of H-pyrrole nitrogens is 1. The quantitative estimate of drug-likeness (QED) is 0.674. The van der Waals surface area contributed by atoms with E-state index >= 15 is 0 Å². The van der Waals surface area contributed by atoms with Crippen LogP contribution in [0.1, 0.15) is 12.7 Å². The number of hydrogen-bond acceptors (Lipinski definition) is 5. The molecule has 0 saturated carbocycles. The van der Waals surface area contributed by atoms with Gasteiger partial charge in [0.05, 0.1) is 19.4 Å². The molecule has 2 N–H and O–H groups in total. The van der Waals surface area contributed by atoms with Crippen LogP contribution in [0.15, 0.2) is 11.2 Å². The molecule has 0 spiro atoms. The van der Waals surface area contributed by atoms with Crippen LogP contribution in [0.25, 0.3) is 0 Å². The van der Waals surface area contributed by atoms with Crippen LogP contribution in [0, 0.1) is 0 Å². The number of aryl methyl sites for hydroxylation is 1. The fourth-order valence-corrected chi connectivity index (χ4v) is 2.80. The van der Waals surface area contributed by atoms with Gasteiger partial charge in [-0.3, -0.25) is 0 Å². The van der Waals surface area contributed by atoms with Crippen molar-refractivity contribution in [2.75, 3.05) is 33.4 Å². The van der Waals surface area contributed by atoms with E-state index < -0.39 is 10.0 Å². The van der Waals surface area contributed by atoms with E-state index in [9.17, 15) is 8.42 Å². The summed E-state index contributed by atoms with van der Waals surface area (Å²) in [6.07, 6.45) is 1.93. The van der Waals surface area contributed by atoms with Gasteiger partial charge in [0.25, 0.3) is 10.0 Å². The Morgan fingerprint density at radius 1 is 1.50 bits per heavy atom. The van der Waals surface area contributed by atoms with E-state index in [1.807, 2.05) is 6.92 Å². The van der Waals surface area contributed by atoms with Gasteiger partial charge in [-0.2, -0.15) is 4.31 Å². The van der Waals surface area contributed by atoms with Gasteiger partial charge in [-0.25, -0.2) is 13.4 Å². The van der Waals surface area contributed by atoms with E-state index in [2.05, 4.69) is 9.97 Å². The Bertz CT molecular complexity index is 457. The van der Waals surface area contributed by atoms with Gasteiger partial charge in [-0.05, 0) is 0 Å². The topological polar surface area (TPSA) is 95.5 Å². The van der Waals surface area contributed by atoms with E-state index in [4.69, 9.17) is 9.84 Å². The maximum atomic E-state index is 12.2. The van der Waals surface area contributed by atoms with Crippen molar-refractivity contribution in [3.05, 3.63) is 12.0 Å². The first-order valence-corrected chi connectivity index (χ1v) is 7.14. The Morgan fingerprint density at radius 3 is 2.72 bits per heavy atom. The highest BCUT2D eigenvalue weighted by Gasteiger charge is 2.25. The SMILES string of the molecule is CCc1ncc(S(=O)(=O)N(CCO)CCOC)[nH]1. The molecule has 1 rings (SSSR count). The lowest BCUT2D eigenvalue weighted by atomic mass is 10.5. The summed E-state index contributed by atoms with van der Waals surface area (Å²) < 4.78 is 30.5. The molecule has 104 valence electrons. The minimum atomic E-state index is -3.65. The lowest BCUT2D eigenvalue weighted by molar-refractivity contribution is 0.168. The maximum Gasteiger partial charge on any atom is 0.260 e. The molecule has 0 saturated heterocycles. The van der Waals surface area contributed by atoms with E-state index in [0.29, 0.717) is 12.2 Å². The van der Waals surface area contributed by atoms with Gasteiger partial charge in [-0.15, -0.1) is 0 Å². The molecule has 0 aromatic carbocycles. The van der Waals surface area contributed by atoms with Gasteiger partial charge in [0.15, 0.2) is 5.03 Å². The number of imidazole rings is 1. The number of ether oxygens (including phenoxy) is 1. The van der Waals surface area contributed by atoms with Crippen molar-refractivity contribution in [1.29, 1.82) is 0 Å². The summed E-state index contributed by atoms with van der Waals surface area (Å²) in [6, 6.07) is 0. The number of aliphatic hydroxyl groups excluding tert-OH is 1. The normalized spacial score (nSPS) is 12.2. The van der Waals surface area contributed by atoms with Crippen LogP contribution in [0.5, 0.6) is 0 Å². The van der Waals surface area contributed by atoms with Crippen molar-refractivity contribution in [3.8, 4) is 0 Å². The Labute approximate surface area is 107 Å². The molecule has 0 amide bonds. The Hall–Kier alpha value is -0.960. The largest absolute Gasteiger partial charge is 0.395 e. The van der Waals surface area contributed by atoms with Gasteiger partial charge in [0.1, 0.15) is 5.82 Å². The summed E-state index contributed by atoms with van der Waals surface area (Å²) in [4.78, 5) is 6.72. The molecule has 1 heterocycles. The predicted molar refractivity (Wildman–Crippen MR) is 65.7 cm³/mol. The summed E-state index contributed by atoms with van der Waals surface area (Å²) in [5, 5.41) is 8.97. The van der Waals surface area contributed by atoms with Crippen molar-refractivity contribution in [2.45, 2.75) is 18.4 Å². The van der Waals surface area contributed by atoms with E-state index in [1.54, 1.807) is 0 Å². The number of nitrogens with one attached hydrogen (secondary N) is 1. The van der Waals surface area contributed by atoms with Crippen molar-refractivity contribution in [3.63, 3.8) is 0 Å². The van der Waals surface area contributed by atoms with Crippen LogP contribution >= 0.6 is 0 Å². The summed E-state index contributed by atoms with van der Waals surface area (Å²) in [6.45, 7) is 2.14. The standard InChI is InChI=1S/C10H19N3O4S/c1-3-9-11-8-10(12-9)18(15,16)13(4-6-14)5-7-17-2/h8,14H,3-7H2,1-2H3,(H,11,12). The minimum absolute atomic E-state index is 0.0339. The summed E-state index contributed by atoms with van der Waals surface area (Å²) in [7, 11) is -2.15. The number of hydrogen-bond donors (Lipinski definition) is 2. The monoisotopic (exact) mass is 277 g/mol. The Balaban J connectivity index is 2.92. The first-order valence-electron chi connectivity index (χ1n) is 5.70. The molecule has 0 aliphatic carbocycles. The number of aromatic nitrogens is 2. The zero-order chi connectivity index (χ0) is 13.6. The summed E-state index contributed by atoms with van der Waals surface area (Å²) >= 11 is 0. The van der Waals surface area contributed by atoms with Crippen LogP contribution < -0.4 is 0 Å². The highest BCUT2D eigenvalue weighted by atomic mass is 32.2.